The number of hydrogen-bond acceptors (Lipinski definition) is 4. The van der Waals surface area contributed by atoms with Crippen molar-refractivity contribution in [1.29, 1.82) is 0 Å². The largest absolute Gasteiger partial charge is 0.377 e. The number of aromatic nitrogens is 4. The van der Waals surface area contributed by atoms with E-state index < -0.39 is 5.91 Å². The zero-order chi connectivity index (χ0) is 13.0. The van der Waals surface area contributed by atoms with Crippen molar-refractivity contribution < 1.29 is 4.79 Å². The normalized spacial score (nSPS) is 10.5. The van der Waals surface area contributed by atoms with Crippen LogP contribution in [-0.4, -0.2) is 25.2 Å². The standard InChI is InChI=1S/C11H16N6O/c1-2-16-8-13-4-10(16)5-14-9-3-15-17(6-9)7-11(12)18/h3-4,6,8,14H,2,5,7H2,1H3,(H2,12,18). The minimum atomic E-state index is -0.409. The van der Waals surface area contributed by atoms with E-state index in [0.29, 0.717) is 6.54 Å². The van der Waals surface area contributed by atoms with Gasteiger partial charge in [-0.05, 0) is 6.92 Å². The lowest BCUT2D eigenvalue weighted by Crippen LogP contribution is -2.18. The first-order valence-corrected chi connectivity index (χ1v) is 5.72. The van der Waals surface area contributed by atoms with E-state index in [0.717, 1.165) is 17.9 Å². The van der Waals surface area contributed by atoms with Gasteiger partial charge >= 0.3 is 0 Å². The maximum atomic E-state index is 10.7. The lowest BCUT2D eigenvalue weighted by atomic mass is 10.4. The van der Waals surface area contributed by atoms with Crippen LogP contribution in [-0.2, 0) is 24.4 Å². The molecule has 0 unspecified atom stereocenters. The summed E-state index contributed by atoms with van der Waals surface area (Å²) in [6.07, 6.45) is 7.03. The number of nitrogens with one attached hydrogen (secondary N) is 1. The van der Waals surface area contributed by atoms with Gasteiger partial charge in [-0.25, -0.2) is 4.98 Å². The quantitative estimate of drug-likeness (QED) is 0.763. The van der Waals surface area contributed by atoms with Crippen molar-refractivity contribution in [1.82, 2.24) is 19.3 Å². The van der Waals surface area contributed by atoms with Crippen molar-refractivity contribution in [2.24, 2.45) is 5.73 Å². The summed E-state index contributed by atoms with van der Waals surface area (Å²) in [6, 6.07) is 0. The Kier molecular flexibility index (Phi) is 3.61. The van der Waals surface area contributed by atoms with Crippen molar-refractivity contribution in [2.45, 2.75) is 26.6 Å². The Bertz CT molecular complexity index is 529. The van der Waals surface area contributed by atoms with Crippen LogP contribution in [0.1, 0.15) is 12.6 Å². The summed E-state index contributed by atoms with van der Waals surface area (Å²) in [7, 11) is 0. The third kappa shape index (κ3) is 2.88. The number of carbonyl (C=O) groups is 1. The monoisotopic (exact) mass is 248 g/mol. The summed E-state index contributed by atoms with van der Waals surface area (Å²) in [5, 5.41) is 7.25. The Morgan fingerprint density at radius 1 is 1.50 bits per heavy atom. The van der Waals surface area contributed by atoms with Crippen LogP contribution in [0.5, 0.6) is 0 Å². The average molecular weight is 248 g/mol. The SMILES string of the molecule is CCn1cncc1CNc1cnn(CC(N)=O)c1. The van der Waals surface area contributed by atoms with E-state index in [1.165, 1.54) is 4.68 Å². The number of nitrogens with two attached hydrogens (primary N) is 1. The molecular weight excluding hydrogens is 232 g/mol. The fourth-order valence-electron chi connectivity index (χ4n) is 1.67. The number of hydrogen-bond donors (Lipinski definition) is 2. The van der Waals surface area contributed by atoms with Crippen LogP contribution >= 0.6 is 0 Å². The van der Waals surface area contributed by atoms with Crippen LogP contribution in [0.2, 0.25) is 0 Å². The predicted molar refractivity (Wildman–Crippen MR) is 66.6 cm³/mol. The van der Waals surface area contributed by atoms with Crippen LogP contribution in [0.3, 0.4) is 0 Å². The van der Waals surface area contributed by atoms with E-state index in [1.807, 2.05) is 6.20 Å². The summed E-state index contributed by atoms with van der Waals surface area (Å²) in [6.45, 7) is 3.71. The molecular formula is C11H16N6O. The van der Waals surface area contributed by atoms with Crippen LogP contribution < -0.4 is 11.1 Å². The lowest BCUT2D eigenvalue weighted by Gasteiger charge is -2.06. The number of imidazole rings is 1. The Labute approximate surface area is 105 Å². The minimum Gasteiger partial charge on any atom is -0.377 e. The fourth-order valence-corrected chi connectivity index (χ4v) is 1.67. The van der Waals surface area contributed by atoms with Crippen molar-refractivity contribution in [2.75, 3.05) is 5.32 Å². The molecule has 2 aromatic heterocycles. The Morgan fingerprint density at radius 2 is 2.33 bits per heavy atom. The van der Waals surface area contributed by atoms with E-state index in [-0.39, 0.29) is 6.54 Å². The number of primary amides is 1. The number of amides is 1. The first kappa shape index (κ1) is 12.2. The summed E-state index contributed by atoms with van der Waals surface area (Å²) in [5.74, 6) is -0.409. The Hall–Kier alpha value is -2.31. The zero-order valence-electron chi connectivity index (χ0n) is 10.2. The van der Waals surface area contributed by atoms with Gasteiger partial charge in [0.05, 0.1) is 30.5 Å². The Balaban J connectivity index is 1.94. The molecule has 3 N–H and O–H groups in total. The molecule has 0 fully saturated rings. The van der Waals surface area contributed by atoms with Gasteiger partial charge in [0.25, 0.3) is 0 Å². The van der Waals surface area contributed by atoms with Gasteiger partial charge in [-0.3, -0.25) is 9.48 Å². The van der Waals surface area contributed by atoms with Crippen LogP contribution in [0.4, 0.5) is 5.69 Å². The molecule has 2 aromatic rings. The molecule has 0 spiro atoms. The van der Waals surface area contributed by atoms with E-state index in [4.69, 9.17) is 5.73 Å². The molecule has 2 heterocycles. The minimum absolute atomic E-state index is 0.0918. The van der Waals surface area contributed by atoms with E-state index in [2.05, 4.69) is 26.9 Å². The third-order valence-corrected chi connectivity index (χ3v) is 2.56. The summed E-state index contributed by atoms with van der Waals surface area (Å²) in [4.78, 5) is 14.8. The average Bonchev–Trinajstić information content (AvgIpc) is 2.93. The number of nitrogens with zero attached hydrogens (tertiary/aromatic N) is 4. The molecule has 7 nitrogen and oxygen atoms in total. The van der Waals surface area contributed by atoms with Crippen LogP contribution in [0.15, 0.2) is 24.9 Å². The molecule has 0 bridgehead atoms. The molecule has 0 saturated carbocycles. The molecule has 18 heavy (non-hydrogen) atoms. The van der Waals surface area contributed by atoms with Crippen LogP contribution in [0.25, 0.3) is 0 Å². The molecule has 96 valence electrons. The molecule has 0 radical (unpaired) electrons. The molecule has 0 aliphatic rings. The second kappa shape index (κ2) is 5.35. The first-order valence-electron chi connectivity index (χ1n) is 5.72. The predicted octanol–water partition coefficient (Wildman–Crippen LogP) is 0.197. The molecule has 0 atom stereocenters. The van der Waals surface area contributed by atoms with Gasteiger partial charge in [0.2, 0.25) is 5.91 Å². The maximum Gasteiger partial charge on any atom is 0.239 e. The Morgan fingerprint density at radius 3 is 3.06 bits per heavy atom. The number of aryl methyl sites for hydroxylation is 1. The van der Waals surface area contributed by atoms with Crippen molar-refractivity contribution in [3.05, 3.63) is 30.6 Å². The highest BCUT2D eigenvalue weighted by atomic mass is 16.1. The van der Waals surface area contributed by atoms with Gasteiger partial charge in [-0.1, -0.05) is 0 Å². The van der Waals surface area contributed by atoms with E-state index in [1.54, 1.807) is 18.7 Å². The smallest absolute Gasteiger partial charge is 0.239 e. The van der Waals surface area contributed by atoms with Crippen molar-refractivity contribution in [3.8, 4) is 0 Å². The molecule has 0 aromatic carbocycles. The summed E-state index contributed by atoms with van der Waals surface area (Å²) in [5.41, 5.74) is 7.04. The zero-order valence-corrected chi connectivity index (χ0v) is 10.2. The van der Waals surface area contributed by atoms with Crippen molar-refractivity contribution >= 4 is 11.6 Å². The first-order chi connectivity index (χ1) is 8.69. The molecule has 2 rings (SSSR count). The van der Waals surface area contributed by atoms with E-state index >= 15 is 0 Å². The number of anilines is 1. The van der Waals surface area contributed by atoms with Gasteiger partial charge in [0, 0.05) is 18.9 Å². The molecule has 7 heteroatoms. The highest BCUT2D eigenvalue weighted by molar-refractivity contribution is 5.73. The van der Waals surface area contributed by atoms with Gasteiger partial charge in [0.1, 0.15) is 6.54 Å². The summed E-state index contributed by atoms with van der Waals surface area (Å²) >= 11 is 0. The second-order valence-corrected chi connectivity index (χ2v) is 3.92. The van der Waals surface area contributed by atoms with Gasteiger partial charge < -0.3 is 15.6 Å². The molecule has 1 amide bonds. The van der Waals surface area contributed by atoms with Crippen LogP contribution in [0, 0.1) is 0 Å². The number of rotatable bonds is 6. The lowest BCUT2D eigenvalue weighted by molar-refractivity contribution is -0.118. The number of carbonyl (C=O) groups excluding carboxylic acids is 1. The van der Waals surface area contributed by atoms with Crippen molar-refractivity contribution in [3.63, 3.8) is 0 Å². The van der Waals surface area contributed by atoms with E-state index in [9.17, 15) is 4.79 Å². The van der Waals surface area contributed by atoms with Gasteiger partial charge in [-0.2, -0.15) is 5.10 Å². The second-order valence-electron chi connectivity index (χ2n) is 3.92. The fraction of sp³-hybridized carbons (Fsp3) is 0.364. The highest BCUT2D eigenvalue weighted by Crippen LogP contribution is 2.08. The molecule has 0 aliphatic carbocycles. The molecule has 0 saturated heterocycles. The topological polar surface area (TPSA) is 90.8 Å². The van der Waals surface area contributed by atoms with Gasteiger partial charge in [0.15, 0.2) is 0 Å². The molecule has 0 aliphatic heterocycles. The highest BCUT2D eigenvalue weighted by Gasteiger charge is 2.03. The maximum absolute atomic E-state index is 10.7. The third-order valence-electron chi connectivity index (χ3n) is 2.56. The van der Waals surface area contributed by atoms with Gasteiger partial charge in [-0.15, -0.1) is 0 Å². The summed E-state index contributed by atoms with van der Waals surface area (Å²) < 4.78 is 3.56.